The third-order valence-electron chi connectivity index (χ3n) is 3.57. The zero-order valence-corrected chi connectivity index (χ0v) is 11.5. The van der Waals surface area contributed by atoms with E-state index in [2.05, 4.69) is 0 Å². The van der Waals surface area contributed by atoms with Crippen LogP contribution in [0.2, 0.25) is 0 Å². The third-order valence-corrected chi connectivity index (χ3v) is 3.57. The molecule has 4 heteroatoms. The number of carboxylic acid groups (broad SMARTS) is 2. The second kappa shape index (κ2) is 5.33. The summed E-state index contributed by atoms with van der Waals surface area (Å²) >= 11 is 0. The predicted octanol–water partition coefficient (Wildman–Crippen LogP) is 3.06. The SMILES string of the molecule is O=C(O)C1=Cc2ccccc2C2=CC=CC=CC2=C1C(=O)O. The summed E-state index contributed by atoms with van der Waals surface area (Å²) < 4.78 is 0. The van der Waals surface area contributed by atoms with E-state index in [-0.39, 0.29) is 11.1 Å². The first kappa shape index (κ1) is 13.8. The van der Waals surface area contributed by atoms with Crippen molar-refractivity contribution in [3.05, 3.63) is 82.5 Å². The highest BCUT2D eigenvalue weighted by Crippen LogP contribution is 2.37. The Labute approximate surface area is 126 Å². The van der Waals surface area contributed by atoms with Crippen LogP contribution in [0.5, 0.6) is 0 Å². The van der Waals surface area contributed by atoms with Crippen molar-refractivity contribution < 1.29 is 19.8 Å². The number of benzene rings is 1. The molecule has 0 fully saturated rings. The van der Waals surface area contributed by atoms with Crippen LogP contribution in [0, 0.1) is 0 Å². The Bertz CT molecular complexity index is 832. The van der Waals surface area contributed by atoms with Crippen LogP contribution in [0.25, 0.3) is 11.6 Å². The van der Waals surface area contributed by atoms with Crippen LogP contribution >= 0.6 is 0 Å². The Morgan fingerprint density at radius 3 is 2.41 bits per heavy atom. The Morgan fingerprint density at radius 2 is 1.68 bits per heavy atom. The molecule has 108 valence electrons. The highest BCUT2D eigenvalue weighted by Gasteiger charge is 2.28. The van der Waals surface area contributed by atoms with Crippen LogP contribution in [-0.2, 0) is 9.59 Å². The molecule has 2 aliphatic rings. The van der Waals surface area contributed by atoms with Crippen molar-refractivity contribution in [3.63, 3.8) is 0 Å². The normalized spacial score (nSPS) is 16.0. The molecule has 0 bridgehead atoms. The molecule has 0 aliphatic heterocycles. The molecule has 2 aliphatic carbocycles. The summed E-state index contributed by atoms with van der Waals surface area (Å²) in [6.07, 6.45) is 10.1. The molecule has 0 atom stereocenters. The minimum atomic E-state index is -1.26. The zero-order chi connectivity index (χ0) is 15.7. The summed E-state index contributed by atoms with van der Waals surface area (Å²) in [6, 6.07) is 7.27. The molecule has 0 saturated carbocycles. The first-order valence-corrected chi connectivity index (χ1v) is 6.67. The third kappa shape index (κ3) is 2.20. The number of rotatable bonds is 2. The summed E-state index contributed by atoms with van der Waals surface area (Å²) in [4.78, 5) is 23.3. The molecule has 0 saturated heterocycles. The van der Waals surface area contributed by atoms with Gasteiger partial charge in [-0.15, -0.1) is 0 Å². The van der Waals surface area contributed by atoms with E-state index in [1.807, 2.05) is 12.1 Å². The number of hydrogen-bond donors (Lipinski definition) is 2. The van der Waals surface area contributed by atoms with Crippen LogP contribution < -0.4 is 0 Å². The van der Waals surface area contributed by atoms with E-state index in [9.17, 15) is 19.8 Å². The Kier molecular flexibility index (Phi) is 3.35. The standard InChI is InChI=1S/C18H12O4/c19-17(20)15-10-11-6-4-5-7-12(11)13-8-2-1-3-9-14(13)16(15)18(21)22/h1-10H,(H,19,20)(H,21,22). The molecule has 3 rings (SSSR count). The first-order chi connectivity index (χ1) is 10.6. The molecule has 0 unspecified atom stereocenters. The molecule has 0 spiro atoms. The topological polar surface area (TPSA) is 74.6 Å². The molecule has 0 radical (unpaired) electrons. The minimum Gasteiger partial charge on any atom is -0.478 e. The van der Waals surface area contributed by atoms with Gasteiger partial charge in [0, 0.05) is 0 Å². The van der Waals surface area contributed by atoms with Gasteiger partial charge >= 0.3 is 11.9 Å². The first-order valence-electron chi connectivity index (χ1n) is 6.67. The summed E-state index contributed by atoms with van der Waals surface area (Å²) in [5, 5.41) is 19.0. The average molecular weight is 292 g/mol. The Morgan fingerprint density at radius 1 is 0.909 bits per heavy atom. The van der Waals surface area contributed by atoms with Gasteiger partial charge < -0.3 is 10.2 Å². The van der Waals surface area contributed by atoms with Crippen molar-refractivity contribution in [2.24, 2.45) is 0 Å². The van der Waals surface area contributed by atoms with Gasteiger partial charge in [-0.3, -0.25) is 0 Å². The maximum atomic E-state index is 11.7. The Balaban J connectivity index is 2.44. The molecule has 2 N–H and O–H groups in total. The van der Waals surface area contributed by atoms with Crippen LogP contribution in [0.4, 0.5) is 0 Å². The molecule has 0 amide bonds. The van der Waals surface area contributed by atoms with Crippen molar-refractivity contribution >= 4 is 23.6 Å². The van der Waals surface area contributed by atoms with Gasteiger partial charge in [0.2, 0.25) is 0 Å². The van der Waals surface area contributed by atoms with Gasteiger partial charge in [-0.1, -0.05) is 54.6 Å². The van der Waals surface area contributed by atoms with E-state index in [0.717, 1.165) is 5.56 Å². The van der Waals surface area contributed by atoms with Crippen molar-refractivity contribution in [2.45, 2.75) is 0 Å². The van der Waals surface area contributed by atoms with Crippen molar-refractivity contribution in [3.8, 4) is 0 Å². The van der Waals surface area contributed by atoms with Crippen LogP contribution in [0.15, 0.2) is 71.4 Å². The predicted molar refractivity (Wildman–Crippen MR) is 83.0 cm³/mol. The van der Waals surface area contributed by atoms with Gasteiger partial charge in [-0.05, 0) is 28.3 Å². The summed E-state index contributed by atoms with van der Waals surface area (Å²) in [5.41, 5.74) is 2.17. The van der Waals surface area contributed by atoms with E-state index in [1.54, 1.807) is 42.5 Å². The number of carboxylic acids is 2. The molecular weight excluding hydrogens is 280 g/mol. The summed E-state index contributed by atoms with van der Waals surface area (Å²) in [5.74, 6) is -2.51. The van der Waals surface area contributed by atoms with E-state index in [1.165, 1.54) is 6.08 Å². The highest BCUT2D eigenvalue weighted by atomic mass is 16.4. The molecule has 22 heavy (non-hydrogen) atoms. The summed E-state index contributed by atoms with van der Waals surface area (Å²) in [6.45, 7) is 0. The molecule has 0 aromatic heterocycles. The van der Waals surface area contributed by atoms with E-state index < -0.39 is 11.9 Å². The second-order valence-electron chi connectivity index (χ2n) is 4.87. The van der Waals surface area contributed by atoms with Gasteiger partial charge in [-0.25, -0.2) is 9.59 Å². The number of aliphatic carboxylic acids is 2. The second-order valence-corrected chi connectivity index (χ2v) is 4.87. The fourth-order valence-corrected chi connectivity index (χ4v) is 2.64. The van der Waals surface area contributed by atoms with Crippen LogP contribution in [-0.4, -0.2) is 22.2 Å². The molecule has 0 heterocycles. The minimum absolute atomic E-state index is 0.199. The van der Waals surface area contributed by atoms with Gasteiger partial charge in [0.15, 0.2) is 0 Å². The average Bonchev–Trinajstić information content (AvgIpc) is 2.78. The lowest BCUT2D eigenvalue weighted by Gasteiger charge is -2.11. The lowest BCUT2D eigenvalue weighted by Crippen LogP contribution is -2.13. The van der Waals surface area contributed by atoms with E-state index in [4.69, 9.17) is 0 Å². The zero-order valence-electron chi connectivity index (χ0n) is 11.5. The van der Waals surface area contributed by atoms with Crippen molar-refractivity contribution in [1.82, 2.24) is 0 Å². The van der Waals surface area contributed by atoms with Crippen molar-refractivity contribution in [2.75, 3.05) is 0 Å². The lowest BCUT2D eigenvalue weighted by molar-refractivity contribution is -0.136. The molecule has 4 nitrogen and oxygen atoms in total. The van der Waals surface area contributed by atoms with Gasteiger partial charge in [0.25, 0.3) is 0 Å². The number of hydrogen-bond acceptors (Lipinski definition) is 2. The summed E-state index contributed by atoms with van der Waals surface area (Å²) in [7, 11) is 0. The van der Waals surface area contributed by atoms with Crippen LogP contribution in [0.3, 0.4) is 0 Å². The number of fused-ring (bicyclic) bond motifs is 3. The smallest absolute Gasteiger partial charge is 0.337 e. The van der Waals surface area contributed by atoms with Crippen molar-refractivity contribution in [1.29, 1.82) is 0 Å². The molecular formula is C18H12O4. The largest absolute Gasteiger partial charge is 0.478 e. The highest BCUT2D eigenvalue weighted by molar-refractivity contribution is 6.14. The fourth-order valence-electron chi connectivity index (χ4n) is 2.64. The van der Waals surface area contributed by atoms with Crippen LogP contribution in [0.1, 0.15) is 11.1 Å². The monoisotopic (exact) mass is 292 g/mol. The Hall–Kier alpha value is -3.14. The quantitative estimate of drug-likeness (QED) is 0.878. The van der Waals surface area contributed by atoms with E-state index in [0.29, 0.717) is 16.7 Å². The molecule has 1 aromatic rings. The lowest BCUT2D eigenvalue weighted by atomic mass is 9.92. The van der Waals surface area contributed by atoms with Gasteiger partial charge in [-0.2, -0.15) is 0 Å². The number of carbonyl (C=O) groups is 2. The van der Waals surface area contributed by atoms with E-state index >= 15 is 0 Å². The maximum absolute atomic E-state index is 11.7. The molecule has 1 aromatic carbocycles. The fraction of sp³-hybridized carbons (Fsp3) is 0. The number of allylic oxidation sites excluding steroid dienone is 7. The van der Waals surface area contributed by atoms with Gasteiger partial charge in [0.05, 0.1) is 11.1 Å². The van der Waals surface area contributed by atoms with Gasteiger partial charge in [0.1, 0.15) is 0 Å². The maximum Gasteiger partial charge on any atom is 0.337 e.